The Labute approximate surface area is 137 Å². The van der Waals surface area contributed by atoms with Gasteiger partial charge in [0.1, 0.15) is 5.75 Å². The number of ether oxygens (including phenoxy) is 1. The van der Waals surface area contributed by atoms with Gasteiger partial charge >= 0.3 is 0 Å². The Balaban J connectivity index is 1.74. The first kappa shape index (κ1) is 15.8. The van der Waals surface area contributed by atoms with Crippen LogP contribution < -0.4 is 10.5 Å². The van der Waals surface area contributed by atoms with E-state index in [1.54, 1.807) is 0 Å². The second-order valence-electron chi connectivity index (χ2n) is 6.75. The molecule has 2 aromatic carbocycles. The molecule has 23 heavy (non-hydrogen) atoms. The molecule has 2 aromatic rings. The zero-order valence-corrected chi connectivity index (χ0v) is 13.8. The first-order valence-electron chi connectivity index (χ1n) is 8.18. The van der Waals surface area contributed by atoms with Crippen LogP contribution in [0.1, 0.15) is 26.7 Å². The predicted molar refractivity (Wildman–Crippen MR) is 92.4 cm³/mol. The zero-order chi connectivity index (χ0) is 16.4. The average molecular weight is 312 g/mol. The fourth-order valence-corrected chi connectivity index (χ4v) is 3.05. The van der Waals surface area contributed by atoms with Gasteiger partial charge in [-0.2, -0.15) is 0 Å². The third-order valence-electron chi connectivity index (χ3n) is 4.44. The largest absolute Gasteiger partial charge is 0.478 e. The summed E-state index contributed by atoms with van der Waals surface area (Å²) < 4.78 is 6.03. The number of hydrogen-bond acceptors (Lipinski definition) is 3. The van der Waals surface area contributed by atoms with E-state index in [4.69, 9.17) is 10.5 Å². The fourth-order valence-electron chi connectivity index (χ4n) is 3.05. The van der Waals surface area contributed by atoms with Crippen LogP contribution in [0.3, 0.4) is 0 Å². The van der Waals surface area contributed by atoms with Gasteiger partial charge in [0.25, 0.3) is 5.91 Å². The summed E-state index contributed by atoms with van der Waals surface area (Å²) in [6.07, 6.45) is 1.72. The van der Waals surface area contributed by atoms with E-state index < -0.39 is 5.60 Å². The monoisotopic (exact) mass is 312 g/mol. The molecule has 0 radical (unpaired) electrons. The van der Waals surface area contributed by atoms with Gasteiger partial charge in [0.15, 0.2) is 5.60 Å². The van der Waals surface area contributed by atoms with Crippen molar-refractivity contribution in [1.29, 1.82) is 0 Å². The van der Waals surface area contributed by atoms with E-state index in [1.165, 1.54) is 0 Å². The van der Waals surface area contributed by atoms with Crippen molar-refractivity contribution in [3.63, 3.8) is 0 Å². The molecule has 0 unspecified atom stereocenters. The van der Waals surface area contributed by atoms with Crippen LogP contribution in [-0.2, 0) is 4.79 Å². The normalized spacial score (nSPS) is 16.6. The molecule has 2 N–H and O–H groups in total. The Bertz CT molecular complexity index is 703. The lowest BCUT2D eigenvalue weighted by Crippen LogP contribution is -2.52. The van der Waals surface area contributed by atoms with Crippen LogP contribution in [0.4, 0.5) is 0 Å². The minimum absolute atomic E-state index is 0.0255. The van der Waals surface area contributed by atoms with Crippen molar-refractivity contribution >= 4 is 16.7 Å². The van der Waals surface area contributed by atoms with Gasteiger partial charge in [0, 0.05) is 19.1 Å². The molecule has 1 amide bonds. The standard InChI is InChI=1S/C19H24N2O2/c1-19(2,18(22)21-11-9-16(20)10-12-21)23-17-8-7-14-5-3-4-6-15(14)13-17/h3-8,13,16H,9-12,20H2,1-2H3. The summed E-state index contributed by atoms with van der Waals surface area (Å²) in [5.41, 5.74) is 5.03. The fraction of sp³-hybridized carbons (Fsp3) is 0.421. The smallest absolute Gasteiger partial charge is 0.266 e. The summed E-state index contributed by atoms with van der Waals surface area (Å²) in [5.74, 6) is 0.744. The summed E-state index contributed by atoms with van der Waals surface area (Å²) in [6.45, 7) is 5.09. The Morgan fingerprint density at radius 1 is 1.13 bits per heavy atom. The Morgan fingerprint density at radius 2 is 1.78 bits per heavy atom. The van der Waals surface area contributed by atoms with E-state index in [9.17, 15) is 4.79 Å². The topological polar surface area (TPSA) is 55.6 Å². The van der Waals surface area contributed by atoms with E-state index in [1.807, 2.05) is 55.1 Å². The molecule has 0 saturated carbocycles. The van der Waals surface area contributed by atoms with Crippen molar-refractivity contribution in [2.45, 2.75) is 38.3 Å². The molecule has 0 aromatic heterocycles. The molecule has 1 aliphatic rings. The van der Waals surface area contributed by atoms with Crippen molar-refractivity contribution in [3.05, 3.63) is 42.5 Å². The third kappa shape index (κ3) is 3.48. The van der Waals surface area contributed by atoms with Crippen LogP contribution in [0.2, 0.25) is 0 Å². The lowest BCUT2D eigenvalue weighted by Gasteiger charge is -2.36. The SMILES string of the molecule is CC(C)(Oc1ccc2ccccc2c1)C(=O)N1CCC(N)CC1. The van der Waals surface area contributed by atoms with Gasteiger partial charge in [-0.1, -0.05) is 30.3 Å². The second-order valence-corrected chi connectivity index (χ2v) is 6.75. The van der Waals surface area contributed by atoms with Crippen molar-refractivity contribution in [3.8, 4) is 5.75 Å². The molecule has 4 nitrogen and oxygen atoms in total. The number of nitrogens with two attached hydrogens (primary N) is 1. The van der Waals surface area contributed by atoms with E-state index in [0.29, 0.717) is 13.1 Å². The Morgan fingerprint density at radius 3 is 2.48 bits per heavy atom. The number of nitrogens with zero attached hydrogens (tertiary/aromatic N) is 1. The maximum absolute atomic E-state index is 12.8. The maximum Gasteiger partial charge on any atom is 0.266 e. The van der Waals surface area contributed by atoms with Gasteiger partial charge in [-0.15, -0.1) is 0 Å². The highest BCUT2D eigenvalue weighted by Gasteiger charge is 2.35. The predicted octanol–water partition coefficient (Wildman–Crippen LogP) is 2.95. The van der Waals surface area contributed by atoms with Crippen LogP contribution in [0.15, 0.2) is 42.5 Å². The molecule has 0 bridgehead atoms. The summed E-state index contributed by atoms with van der Waals surface area (Å²) in [6, 6.07) is 14.3. The highest BCUT2D eigenvalue weighted by atomic mass is 16.5. The third-order valence-corrected chi connectivity index (χ3v) is 4.44. The molecule has 122 valence electrons. The van der Waals surface area contributed by atoms with Crippen LogP contribution in [-0.4, -0.2) is 35.5 Å². The number of fused-ring (bicyclic) bond motifs is 1. The number of amides is 1. The molecular weight excluding hydrogens is 288 g/mol. The van der Waals surface area contributed by atoms with E-state index in [-0.39, 0.29) is 11.9 Å². The molecule has 1 fully saturated rings. The van der Waals surface area contributed by atoms with Gasteiger partial charge in [-0.3, -0.25) is 4.79 Å². The first-order chi connectivity index (χ1) is 11.0. The molecule has 0 aliphatic carbocycles. The maximum atomic E-state index is 12.8. The Kier molecular flexibility index (Phi) is 4.26. The molecule has 1 saturated heterocycles. The van der Waals surface area contributed by atoms with Crippen molar-refractivity contribution in [1.82, 2.24) is 4.90 Å². The van der Waals surface area contributed by atoms with Crippen LogP contribution in [0, 0.1) is 0 Å². The molecule has 0 spiro atoms. The molecule has 0 atom stereocenters. The number of carbonyl (C=O) groups excluding carboxylic acids is 1. The quantitative estimate of drug-likeness (QED) is 0.948. The number of benzene rings is 2. The zero-order valence-electron chi connectivity index (χ0n) is 13.8. The lowest BCUT2D eigenvalue weighted by molar-refractivity contribution is -0.146. The molecule has 1 aliphatic heterocycles. The highest BCUT2D eigenvalue weighted by molar-refractivity contribution is 5.86. The van der Waals surface area contributed by atoms with Crippen LogP contribution in [0.25, 0.3) is 10.8 Å². The van der Waals surface area contributed by atoms with Crippen molar-refractivity contribution < 1.29 is 9.53 Å². The summed E-state index contributed by atoms with van der Waals surface area (Å²) in [7, 11) is 0. The second kappa shape index (κ2) is 6.20. The number of likely N-dealkylation sites (tertiary alicyclic amines) is 1. The van der Waals surface area contributed by atoms with E-state index >= 15 is 0 Å². The number of rotatable bonds is 3. The Hall–Kier alpha value is -2.07. The number of carbonyl (C=O) groups is 1. The molecule has 3 rings (SSSR count). The van der Waals surface area contributed by atoms with Gasteiger partial charge in [-0.05, 0) is 49.6 Å². The minimum atomic E-state index is -0.885. The summed E-state index contributed by atoms with van der Waals surface area (Å²) in [4.78, 5) is 14.6. The molecule has 4 heteroatoms. The lowest BCUT2D eigenvalue weighted by atomic mass is 10.0. The number of hydrogen-bond donors (Lipinski definition) is 1. The van der Waals surface area contributed by atoms with Crippen LogP contribution >= 0.6 is 0 Å². The first-order valence-corrected chi connectivity index (χ1v) is 8.18. The van der Waals surface area contributed by atoms with Crippen LogP contribution in [0.5, 0.6) is 5.75 Å². The van der Waals surface area contributed by atoms with Gasteiger partial charge in [-0.25, -0.2) is 0 Å². The van der Waals surface area contributed by atoms with E-state index in [2.05, 4.69) is 6.07 Å². The van der Waals surface area contributed by atoms with E-state index in [0.717, 1.165) is 29.4 Å². The van der Waals surface area contributed by atoms with Gasteiger partial charge in [0.2, 0.25) is 0 Å². The van der Waals surface area contributed by atoms with Crippen molar-refractivity contribution in [2.24, 2.45) is 5.73 Å². The highest BCUT2D eigenvalue weighted by Crippen LogP contribution is 2.25. The van der Waals surface area contributed by atoms with Gasteiger partial charge in [0.05, 0.1) is 0 Å². The van der Waals surface area contributed by atoms with Gasteiger partial charge < -0.3 is 15.4 Å². The summed E-state index contributed by atoms with van der Waals surface area (Å²) in [5, 5.41) is 2.27. The summed E-state index contributed by atoms with van der Waals surface area (Å²) >= 11 is 0. The minimum Gasteiger partial charge on any atom is -0.478 e. The molecular formula is C19H24N2O2. The van der Waals surface area contributed by atoms with Crippen molar-refractivity contribution in [2.75, 3.05) is 13.1 Å². The number of piperidine rings is 1. The molecule has 1 heterocycles. The average Bonchev–Trinajstić information content (AvgIpc) is 2.54.